The molecule has 210 valence electrons. The molecule has 2 aromatic carbocycles. The third-order valence-electron chi connectivity index (χ3n) is 8.75. The van der Waals surface area contributed by atoms with Crippen molar-refractivity contribution in [3.05, 3.63) is 92.7 Å². The van der Waals surface area contributed by atoms with E-state index in [1.165, 1.54) is 27.5 Å². The molecule has 0 unspecified atom stereocenters. The molecule has 1 aliphatic carbocycles. The van der Waals surface area contributed by atoms with Crippen molar-refractivity contribution < 1.29 is 23.8 Å². The predicted octanol–water partition coefficient (Wildman–Crippen LogP) is 4.47. The first-order valence-corrected chi connectivity index (χ1v) is 13.9. The van der Waals surface area contributed by atoms with Gasteiger partial charge >= 0.3 is 11.7 Å². The lowest BCUT2D eigenvalue weighted by Crippen LogP contribution is -2.60. The van der Waals surface area contributed by atoms with Gasteiger partial charge in [-0.05, 0) is 79.8 Å². The van der Waals surface area contributed by atoms with Gasteiger partial charge in [0.25, 0.3) is 5.91 Å². The number of carboxylic acid groups (broad SMARTS) is 1. The summed E-state index contributed by atoms with van der Waals surface area (Å²) in [5.41, 5.74) is 0.856. The Morgan fingerprint density at radius 1 is 0.976 bits per heavy atom. The number of ether oxygens (including phenoxy) is 1. The first-order chi connectivity index (χ1) is 19.7. The van der Waals surface area contributed by atoms with Gasteiger partial charge in [-0.15, -0.1) is 0 Å². The quantitative estimate of drug-likeness (QED) is 0.376. The van der Waals surface area contributed by atoms with Crippen LogP contribution in [0, 0.1) is 11.2 Å². The highest BCUT2D eigenvalue weighted by atomic mass is 35.5. The lowest BCUT2D eigenvalue weighted by atomic mass is 9.73. The maximum Gasteiger partial charge on any atom is 0.335 e. The Labute approximate surface area is 238 Å². The van der Waals surface area contributed by atoms with Crippen LogP contribution in [0.3, 0.4) is 0 Å². The van der Waals surface area contributed by atoms with Gasteiger partial charge < -0.3 is 14.7 Å². The largest absolute Gasteiger partial charge is 0.478 e. The van der Waals surface area contributed by atoms with E-state index >= 15 is 0 Å². The van der Waals surface area contributed by atoms with E-state index in [1.54, 1.807) is 30.3 Å². The Kier molecular flexibility index (Phi) is 5.85. The van der Waals surface area contributed by atoms with Crippen LogP contribution in [0.5, 0.6) is 0 Å². The molecule has 1 spiro atoms. The van der Waals surface area contributed by atoms with Gasteiger partial charge in [0.2, 0.25) is 0 Å². The van der Waals surface area contributed by atoms with Crippen LogP contribution in [0.2, 0.25) is 5.02 Å². The summed E-state index contributed by atoms with van der Waals surface area (Å²) in [5.74, 6) is -1.99. The molecule has 0 atom stereocenters. The SMILES string of the molecule is O=C(O)c1cc(F)cc(C2(n3c(=O)n(-c4ccc(C(=O)N5CC6(CCOCC6)C5)cc4)c4cc(Cl)cnc43)CC2)c1. The van der Waals surface area contributed by atoms with E-state index in [0.29, 0.717) is 45.8 Å². The van der Waals surface area contributed by atoms with Crippen molar-refractivity contribution in [2.75, 3.05) is 26.3 Å². The van der Waals surface area contributed by atoms with Gasteiger partial charge in [0, 0.05) is 43.5 Å². The van der Waals surface area contributed by atoms with Crippen LogP contribution in [-0.4, -0.2) is 62.3 Å². The molecule has 3 fully saturated rings. The Bertz CT molecular complexity index is 1780. The second-order valence-electron chi connectivity index (χ2n) is 11.3. The summed E-state index contributed by atoms with van der Waals surface area (Å²) in [7, 11) is 0. The second kappa shape index (κ2) is 9.25. The highest BCUT2D eigenvalue weighted by molar-refractivity contribution is 6.31. The summed E-state index contributed by atoms with van der Waals surface area (Å²) in [6.07, 6.45) is 4.39. The summed E-state index contributed by atoms with van der Waals surface area (Å²) in [6, 6.07) is 12.1. The summed E-state index contributed by atoms with van der Waals surface area (Å²) in [5, 5.41) is 9.81. The van der Waals surface area contributed by atoms with Crippen LogP contribution in [0.4, 0.5) is 4.39 Å². The van der Waals surface area contributed by atoms with Gasteiger partial charge in [0.1, 0.15) is 5.82 Å². The van der Waals surface area contributed by atoms with Crippen molar-refractivity contribution in [1.82, 2.24) is 19.0 Å². The zero-order chi connectivity index (χ0) is 28.5. The molecule has 2 aliphatic heterocycles. The molecule has 2 saturated heterocycles. The molecule has 1 saturated carbocycles. The molecule has 2 aromatic heterocycles. The maximum absolute atomic E-state index is 14.5. The zero-order valence-corrected chi connectivity index (χ0v) is 22.7. The molecule has 1 N–H and O–H groups in total. The minimum Gasteiger partial charge on any atom is -0.478 e. The molecular formula is C30H26ClFN4O5. The zero-order valence-electron chi connectivity index (χ0n) is 22.0. The monoisotopic (exact) mass is 576 g/mol. The lowest BCUT2D eigenvalue weighted by molar-refractivity contribution is -0.0666. The van der Waals surface area contributed by atoms with E-state index in [1.807, 2.05) is 4.90 Å². The topological polar surface area (TPSA) is 107 Å². The molecular weight excluding hydrogens is 551 g/mol. The molecule has 0 radical (unpaired) electrons. The lowest BCUT2D eigenvalue weighted by Gasteiger charge is -2.52. The molecule has 41 heavy (non-hydrogen) atoms. The molecule has 7 rings (SSSR count). The number of hydrogen-bond acceptors (Lipinski definition) is 5. The number of aromatic nitrogens is 3. The van der Waals surface area contributed by atoms with E-state index in [9.17, 15) is 23.9 Å². The smallest absolute Gasteiger partial charge is 0.335 e. The number of halogens is 2. The number of fused-ring (bicyclic) bond motifs is 1. The number of benzene rings is 2. The minimum atomic E-state index is -1.25. The maximum atomic E-state index is 14.5. The predicted molar refractivity (Wildman–Crippen MR) is 148 cm³/mol. The fourth-order valence-corrected chi connectivity index (χ4v) is 6.54. The molecule has 4 aromatic rings. The molecule has 11 heteroatoms. The fraction of sp³-hybridized carbons (Fsp3) is 0.333. The molecule has 3 aliphatic rings. The normalized spacial score (nSPS) is 18.8. The van der Waals surface area contributed by atoms with E-state index < -0.39 is 23.0 Å². The van der Waals surface area contributed by atoms with Gasteiger partial charge in [-0.25, -0.2) is 19.0 Å². The number of amides is 1. The van der Waals surface area contributed by atoms with E-state index in [4.69, 9.17) is 16.3 Å². The summed E-state index contributed by atoms with van der Waals surface area (Å²) in [4.78, 5) is 45.1. The number of hydrogen-bond donors (Lipinski definition) is 1. The van der Waals surface area contributed by atoms with Gasteiger partial charge in [-0.2, -0.15) is 0 Å². The van der Waals surface area contributed by atoms with Crippen LogP contribution in [0.25, 0.3) is 16.9 Å². The average molecular weight is 577 g/mol. The van der Waals surface area contributed by atoms with Crippen molar-refractivity contribution in [3.63, 3.8) is 0 Å². The van der Waals surface area contributed by atoms with E-state index in [2.05, 4.69) is 4.98 Å². The highest BCUT2D eigenvalue weighted by Crippen LogP contribution is 2.50. The van der Waals surface area contributed by atoms with Crippen LogP contribution >= 0.6 is 11.6 Å². The Balaban J connectivity index is 1.26. The number of imidazole rings is 1. The molecule has 0 bridgehead atoms. The number of aromatic carboxylic acids is 1. The Hall–Kier alpha value is -4.02. The average Bonchev–Trinajstić information content (AvgIpc) is 3.69. The van der Waals surface area contributed by atoms with Crippen LogP contribution in [0.15, 0.2) is 59.5 Å². The van der Waals surface area contributed by atoms with E-state index in [-0.39, 0.29) is 16.9 Å². The Morgan fingerprint density at radius 3 is 2.34 bits per heavy atom. The molecule has 9 nitrogen and oxygen atoms in total. The number of rotatable bonds is 5. The first kappa shape index (κ1) is 25.9. The number of carboxylic acids is 1. The number of nitrogens with zero attached hydrogens (tertiary/aromatic N) is 4. The fourth-order valence-electron chi connectivity index (χ4n) is 6.39. The van der Waals surface area contributed by atoms with Gasteiger partial charge in [-0.1, -0.05) is 11.6 Å². The van der Waals surface area contributed by atoms with Crippen molar-refractivity contribution in [2.45, 2.75) is 31.2 Å². The highest BCUT2D eigenvalue weighted by Gasteiger charge is 2.50. The van der Waals surface area contributed by atoms with Gasteiger partial charge in [-0.3, -0.25) is 13.9 Å². The Morgan fingerprint density at radius 2 is 1.68 bits per heavy atom. The van der Waals surface area contributed by atoms with Crippen molar-refractivity contribution >= 4 is 34.6 Å². The first-order valence-electron chi connectivity index (χ1n) is 13.5. The van der Waals surface area contributed by atoms with E-state index in [0.717, 1.165) is 45.2 Å². The minimum absolute atomic E-state index is 0.0505. The van der Waals surface area contributed by atoms with Gasteiger partial charge in [0.15, 0.2) is 5.65 Å². The molecule has 1 amide bonds. The third-order valence-corrected chi connectivity index (χ3v) is 8.96. The standard InChI is InChI=1S/C30H26ClFN4O5/c31-21-14-24-25(33-15-21)36(30(5-6-30)20-11-19(27(38)39)12-22(32)13-20)28(40)35(24)23-3-1-18(2-4-23)26(37)34-16-29(17-34)7-9-41-10-8-29/h1-4,11-15H,5-10,16-17H2,(H,38,39). The number of carbonyl (C=O) groups excluding carboxylic acids is 1. The third kappa shape index (κ3) is 4.16. The summed E-state index contributed by atoms with van der Waals surface area (Å²) in [6.45, 7) is 2.91. The number of pyridine rings is 1. The van der Waals surface area contributed by atoms with Crippen LogP contribution in [0.1, 0.15) is 52.0 Å². The second-order valence-corrected chi connectivity index (χ2v) is 11.8. The summed E-state index contributed by atoms with van der Waals surface area (Å²) < 4.78 is 22.9. The molecule has 4 heterocycles. The van der Waals surface area contributed by atoms with Crippen molar-refractivity contribution in [3.8, 4) is 5.69 Å². The van der Waals surface area contributed by atoms with Crippen molar-refractivity contribution in [2.24, 2.45) is 5.41 Å². The van der Waals surface area contributed by atoms with Gasteiger partial charge in [0.05, 0.1) is 27.3 Å². The summed E-state index contributed by atoms with van der Waals surface area (Å²) >= 11 is 6.29. The number of carbonyl (C=O) groups is 2. The van der Waals surface area contributed by atoms with Crippen LogP contribution < -0.4 is 5.69 Å². The van der Waals surface area contributed by atoms with Crippen LogP contribution in [-0.2, 0) is 10.3 Å². The van der Waals surface area contributed by atoms with Crippen molar-refractivity contribution in [1.29, 1.82) is 0 Å². The number of likely N-dealkylation sites (tertiary alicyclic amines) is 1.